The molecule has 0 amide bonds. The minimum Gasteiger partial charge on any atom is -0.305 e. The van der Waals surface area contributed by atoms with Crippen LogP contribution in [0.1, 0.15) is 29.8 Å². The first-order valence-corrected chi connectivity index (χ1v) is 7.89. The zero-order valence-electron chi connectivity index (χ0n) is 13.1. The van der Waals surface area contributed by atoms with Gasteiger partial charge in [0.2, 0.25) is 0 Å². The summed E-state index contributed by atoms with van der Waals surface area (Å²) < 4.78 is 1.57. The van der Waals surface area contributed by atoms with Crippen LogP contribution in [0.5, 0.6) is 0 Å². The Balaban J connectivity index is 1.80. The summed E-state index contributed by atoms with van der Waals surface area (Å²) in [5, 5.41) is 4.12. The Labute approximate surface area is 139 Å². The highest BCUT2D eigenvalue weighted by atomic mass is 35.5. The maximum atomic E-state index is 12.2. The number of pyridine rings is 1. The van der Waals surface area contributed by atoms with E-state index in [1.807, 2.05) is 43.3 Å². The zero-order valence-corrected chi connectivity index (χ0v) is 13.8. The lowest BCUT2D eigenvalue weighted by atomic mass is 10.1. The first-order valence-electron chi connectivity index (χ1n) is 7.51. The number of hydrogen-bond acceptors (Lipinski definition) is 3. The van der Waals surface area contributed by atoms with Crippen LogP contribution in [0.25, 0.3) is 5.65 Å². The smallest absolute Gasteiger partial charge is 0.258 e. The minimum absolute atomic E-state index is 0.0605. The molecule has 1 atom stereocenters. The van der Waals surface area contributed by atoms with Crippen molar-refractivity contribution in [3.63, 3.8) is 0 Å². The van der Waals surface area contributed by atoms with Crippen LogP contribution in [0.15, 0.2) is 53.5 Å². The van der Waals surface area contributed by atoms with Crippen LogP contribution >= 0.6 is 11.6 Å². The molecule has 0 unspecified atom stereocenters. The van der Waals surface area contributed by atoms with Gasteiger partial charge in [0, 0.05) is 29.9 Å². The number of aryl methyl sites for hydroxylation is 1. The van der Waals surface area contributed by atoms with E-state index >= 15 is 0 Å². The highest BCUT2D eigenvalue weighted by Gasteiger charge is 2.08. The molecule has 118 valence electrons. The Hall–Kier alpha value is -2.17. The minimum atomic E-state index is -0.0605. The number of halogens is 1. The van der Waals surface area contributed by atoms with Gasteiger partial charge in [0.05, 0.1) is 5.69 Å². The Morgan fingerprint density at radius 2 is 2.00 bits per heavy atom. The molecule has 23 heavy (non-hydrogen) atoms. The molecule has 0 aliphatic heterocycles. The predicted octanol–water partition coefficient (Wildman–Crippen LogP) is 3.51. The van der Waals surface area contributed by atoms with Gasteiger partial charge in [0.25, 0.3) is 5.56 Å². The van der Waals surface area contributed by atoms with Gasteiger partial charge in [-0.3, -0.25) is 9.20 Å². The Morgan fingerprint density at radius 1 is 1.26 bits per heavy atom. The molecule has 4 nitrogen and oxygen atoms in total. The third-order valence-electron chi connectivity index (χ3n) is 3.90. The molecule has 1 aromatic carbocycles. The molecule has 2 heterocycles. The van der Waals surface area contributed by atoms with Crippen LogP contribution in [0.3, 0.4) is 0 Å². The molecular weight excluding hydrogens is 310 g/mol. The summed E-state index contributed by atoms with van der Waals surface area (Å²) in [5.74, 6) is 0. The molecule has 0 aliphatic rings. The normalized spacial score (nSPS) is 12.5. The molecule has 0 aliphatic carbocycles. The molecule has 0 spiro atoms. The van der Waals surface area contributed by atoms with Gasteiger partial charge in [0.1, 0.15) is 5.65 Å². The third-order valence-corrected chi connectivity index (χ3v) is 4.15. The number of fused-ring (bicyclic) bond motifs is 1. The van der Waals surface area contributed by atoms with E-state index in [1.165, 1.54) is 0 Å². The van der Waals surface area contributed by atoms with Crippen LogP contribution in [-0.4, -0.2) is 9.38 Å². The van der Waals surface area contributed by atoms with Gasteiger partial charge in [-0.2, -0.15) is 0 Å². The fourth-order valence-electron chi connectivity index (χ4n) is 2.53. The van der Waals surface area contributed by atoms with Gasteiger partial charge in [-0.05, 0) is 43.2 Å². The molecule has 0 saturated heterocycles. The van der Waals surface area contributed by atoms with Crippen LogP contribution in [0.4, 0.5) is 0 Å². The molecule has 0 fully saturated rings. The van der Waals surface area contributed by atoms with E-state index in [0.717, 1.165) is 21.8 Å². The van der Waals surface area contributed by atoms with Gasteiger partial charge < -0.3 is 5.32 Å². The van der Waals surface area contributed by atoms with E-state index in [-0.39, 0.29) is 11.6 Å². The second-order valence-electron chi connectivity index (χ2n) is 5.62. The van der Waals surface area contributed by atoms with E-state index in [2.05, 4.69) is 17.2 Å². The maximum Gasteiger partial charge on any atom is 0.258 e. The molecule has 5 heteroatoms. The topological polar surface area (TPSA) is 46.4 Å². The number of benzene rings is 1. The lowest BCUT2D eigenvalue weighted by Gasteiger charge is -2.14. The second-order valence-corrected chi connectivity index (χ2v) is 6.06. The fourth-order valence-corrected chi connectivity index (χ4v) is 2.65. The van der Waals surface area contributed by atoms with Crippen molar-refractivity contribution in [2.24, 2.45) is 0 Å². The molecule has 3 rings (SSSR count). The summed E-state index contributed by atoms with van der Waals surface area (Å²) in [6.07, 6.45) is 1.74. The summed E-state index contributed by atoms with van der Waals surface area (Å²) in [6.45, 7) is 4.56. The third kappa shape index (κ3) is 3.44. The highest BCUT2D eigenvalue weighted by molar-refractivity contribution is 6.30. The van der Waals surface area contributed by atoms with Gasteiger partial charge in [-0.1, -0.05) is 29.8 Å². The summed E-state index contributed by atoms with van der Waals surface area (Å²) >= 11 is 5.91. The molecular formula is C18H18ClN3O. The van der Waals surface area contributed by atoms with Gasteiger partial charge in [-0.15, -0.1) is 0 Å². The summed E-state index contributed by atoms with van der Waals surface area (Å²) in [4.78, 5) is 16.8. The van der Waals surface area contributed by atoms with E-state index in [0.29, 0.717) is 12.2 Å². The molecule has 0 radical (unpaired) electrons. The summed E-state index contributed by atoms with van der Waals surface area (Å²) in [6, 6.07) is 13.3. The number of hydrogen-bond donors (Lipinski definition) is 1. The monoisotopic (exact) mass is 327 g/mol. The average Bonchev–Trinajstić information content (AvgIpc) is 2.54. The van der Waals surface area contributed by atoms with E-state index in [4.69, 9.17) is 11.6 Å². The number of nitrogens with zero attached hydrogens (tertiary/aromatic N) is 2. The van der Waals surface area contributed by atoms with Crippen LogP contribution < -0.4 is 10.9 Å². The van der Waals surface area contributed by atoms with Crippen molar-refractivity contribution in [1.82, 2.24) is 14.7 Å². The molecule has 0 bridgehead atoms. The Morgan fingerprint density at radius 3 is 2.74 bits per heavy atom. The molecule has 2 aromatic heterocycles. The van der Waals surface area contributed by atoms with Gasteiger partial charge in [0.15, 0.2) is 0 Å². The number of aromatic nitrogens is 2. The van der Waals surface area contributed by atoms with Crippen molar-refractivity contribution in [2.45, 2.75) is 26.4 Å². The van der Waals surface area contributed by atoms with Crippen molar-refractivity contribution in [1.29, 1.82) is 0 Å². The van der Waals surface area contributed by atoms with Crippen molar-refractivity contribution < 1.29 is 0 Å². The number of nitrogens with one attached hydrogen (secondary N) is 1. The Bertz CT molecular complexity index is 887. The SMILES string of the molecule is Cc1cccn2c(=O)cc(CN[C@@H](C)c3ccc(Cl)cc3)nc12. The van der Waals surface area contributed by atoms with E-state index in [1.54, 1.807) is 16.7 Å². The quantitative estimate of drug-likeness (QED) is 0.797. The molecule has 0 saturated carbocycles. The van der Waals surface area contributed by atoms with Crippen molar-refractivity contribution >= 4 is 17.2 Å². The summed E-state index contributed by atoms with van der Waals surface area (Å²) in [7, 11) is 0. The molecule has 1 N–H and O–H groups in total. The molecule has 3 aromatic rings. The second kappa shape index (κ2) is 6.52. The lowest BCUT2D eigenvalue weighted by Crippen LogP contribution is -2.22. The zero-order chi connectivity index (χ0) is 16.4. The van der Waals surface area contributed by atoms with E-state index < -0.39 is 0 Å². The standard InChI is InChI=1S/C18H18ClN3O/c1-12-4-3-9-22-17(23)10-16(21-18(12)22)11-20-13(2)14-5-7-15(19)8-6-14/h3-10,13,20H,11H2,1-2H3/t13-/m0/s1. The van der Waals surface area contributed by atoms with Crippen molar-refractivity contribution in [3.05, 3.63) is 80.9 Å². The Kier molecular flexibility index (Phi) is 4.46. The maximum absolute atomic E-state index is 12.2. The summed E-state index contributed by atoms with van der Waals surface area (Å²) in [5.41, 5.74) is 3.51. The predicted molar refractivity (Wildman–Crippen MR) is 92.9 cm³/mol. The van der Waals surface area contributed by atoms with Crippen LogP contribution in [-0.2, 0) is 6.54 Å². The number of rotatable bonds is 4. The first kappa shape index (κ1) is 15.7. The lowest BCUT2D eigenvalue weighted by molar-refractivity contribution is 0.567. The van der Waals surface area contributed by atoms with Gasteiger partial charge >= 0.3 is 0 Å². The van der Waals surface area contributed by atoms with E-state index in [9.17, 15) is 4.79 Å². The van der Waals surface area contributed by atoms with Crippen molar-refractivity contribution in [2.75, 3.05) is 0 Å². The first-order chi connectivity index (χ1) is 11.0. The average molecular weight is 328 g/mol. The largest absolute Gasteiger partial charge is 0.305 e. The van der Waals surface area contributed by atoms with Crippen LogP contribution in [0, 0.1) is 6.92 Å². The highest BCUT2D eigenvalue weighted by Crippen LogP contribution is 2.16. The fraction of sp³-hybridized carbons (Fsp3) is 0.222. The van der Waals surface area contributed by atoms with Crippen LogP contribution in [0.2, 0.25) is 5.02 Å². The van der Waals surface area contributed by atoms with Crippen molar-refractivity contribution in [3.8, 4) is 0 Å². The van der Waals surface area contributed by atoms with Gasteiger partial charge in [-0.25, -0.2) is 4.98 Å².